The minimum atomic E-state index is -4.05. The molecule has 2 aliphatic heterocycles. The van der Waals surface area contributed by atoms with Gasteiger partial charge in [0.25, 0.3) is 0 Å². The van der Waals surface area contributed by atoms with E-state index in [1.807, 2.05) is 26.8 Å². The molecule has 4 rings (SSSR count). The Morgan fingerprint density at radius 1 is 1.08 bits per heavy atom. The molecular formula is C27H30N2O7S. The molecule has 2 aromatic rings. The van der Waals surface area contributed by atoms with Crippen LogP contribution in [-0.2, 0) is 39.3 Å². The van der Waals surface area contributed by atoms with Crippen molar-refractivity contribution >= 4 is 33.6 Å². The average molecular weight is 527 g/mol. The van der Waals surface area contributed by atoms with Gasteiger partial charge >= 0.3 is 11.9 Å². The van der Waals surface area contributed by atoms with Crippen molar-refractivity contribution in [3.8, 4) is 0 Å². The molecule has 1 amide bonds. The highest BCUT2D eigenvalue weighted by molar-refractivity contribution is 7.89. The molecule has 0 spiro atoms. The summed E-state index contributed by atoms with van der Waals surface area (Å²) < 4.78 is 39.2. The summed E-state index contributed by atoms with van der Waals surface area (Å²) >= 11 is 0. The van der Waals surface area contributed by atoms with Gasteiger partial charge in [0.2, 0.25) is 15.9 Å². The van der Waals surface area contributed by atoms with Crippen molar-refractivity contribution in [2.24, 2.45) is 5.92 Å². The molecule has 0 aliphatic carbocycles. The number of benzene rings is 2. The van der Waals surface area contributed by atoms with Crippen LogP contribution in [0.15, 0.2) is 59.0 Å². The van der Waals surface area contributed by atoms with Gasteiger partial charge in [-0.15, -0.1) is 0 Å². The predicted molar refractivity (Wildman–Crippen MR) is 136 cm³/mol. The normalized spacial score (nSPS) is 21.0. The van der Waals surface area contributed by atoms with Crippen LogP contribution >= 0.6 is 0 Å². The maximum Gasteiger partial charge on any atom is 0.321 e. The SMILES string of the molecule is COC(=O)C(C(=O)OC)[C@@]12CCN(S(=O)(=O)c3ccc(C)cc3)[C@@H](C=C(C)C)c3cccc(c31)NC2=O. The van der Waals surface area contributed by atoms with Gasteiger partial charge in [0.05, 0.1) is 25.2 Å². The number of carbonyl (C=O) groups excluding carboxylic acids is 3. The second-order valence-corrected chi connectivity index (χ2v) is 11.4. The quantitative estimate of drug-likeness (QED) is 0.349. The van der Waals surface area contributed by atoms with Crippen molar-refractivity contribution in [3.05, 3.63) is 70.8 Å². The number of anilines is 1. The average Bonchev–Trinajstić information content (AvgIpc) is 3.05. The lowest BCUT2D eigenvalue weighted by Gasteiger charge is -2.32. The standard InChI is InChI=1S/C27H30N2O7S/c1-16(2)15-21-19-7-6-8-20-22(19)27(26(32)28-20,23(24(30)35-4)25(31)36-5)13-14-29(21)37(33,34)18-11-9-17(3)10-12-18/h6-12,15,21,23H,13-14H2,1-5H3,(H,28,32)/t21-,27+/m0/s1. The Balaban J connectivity index is 2.03. The number of allylic oxidation sites excluding steroid dienone is 1. The number of sulfonamides is 1. The first-order valence-electron chi connectivity index (χ1n) is 11.8. The fourth-order valence-corrected chi connectivity index (χ4v) is 6.90. The number of hydrogen-bond donors (Lipinski definition) is 1. The molecule has 0 fully saturated rings. The number of hydrogen-bond acceptors (Lipinski definition) is 7. The zero-order valence-corrected chi connectivity index (χ0v) is 22.2. The van der Waals surface area contributed by atoms with E-state index in [2.05, 4.69) is 5.32 Å². The van der Waals surface area contributed by atoms with Crippen LogP contribution in [0.25, 0.3) is 0 Å². The molecule has 0 bridgehead atoms. The highest BCUT2D eigenvalue weighted by atomic mass is 32.2. The number of methoxy groups -OCH3 is 2. The largest absolute Gasteiger partial charge is 0.468 e. The Kier molecular flexibility index (Phi) is 7.00. The second kappa shape index (κ2) is 9.75. The molecule has 9 nitrogen and oxygen atoms in total. The van der Waals surface area contributed by atoms with Crippen molar-refractivity contribution in [3.63, 3.8) is 0 Å². The van der Waals surface area contributed by atoms with E-state index in [1.54, 1.807) is 42.5 Å². The first-order chi connectivity index (χ1) is 17.5. The highest BCUT2D eigenvalue weighted by Gasteiger charge is 2.62. The van der Waals surface area contributed by atoms with Gasteiger partial charge in [0.1, 0.15) is 5.41 Å². The van der Waals surface area contributed by atoms with Gasteiger partial charge in [-0.2, -0.15) is 4.31 Å². The molecule has 2 heterocycles. The fourth-order valence-electron chi connectivity index (χ4n) is 5.34. The number of aryl methyl sites for hydroxylation is 1. The Bertz CT molecular complexity index is 1380. The summed E-state index contributed by atoms with van der Waals surface area (Å²) in [5.74, 6) is -4.07. The molecule has 196 valence electrons. The maximum atomic E-state index is 14.0. The van der Waals surface area contributed by atoms with E-state index in [1.165, 1.54) is 4.31 Å². The third kappa shape index (κ3) is 4.23. The molecule has 2 aromatic carbocycles. The number of rotatable bonds is 6. The van der Waals surface area contributed by atoms with E-state index >= 15 is 0 Å². The summed E-state index contributed by atoms with van der Waals surface area (Å²) in [6.45, 7) is 5.43. The van der Waals surface area contributed by atoms with Gasteiger partial charge in [0, 0.05) is 12.2 Å². The van der Waals surface area contributed by atoms with Crippen molar-refractivity contribution in [2.75, 3.05) is 26.1 Å². The van der Waals surface area contributed by atoms with Gasteiger partial charge in [-0.3, -0.25) is 14.4 Å². The van der Waals surface area contributed by atoms with Crippen molar-refractivity contribution in [1.29, 1.82) is 0 Å². The summed E-state index contributed by atoms with van der Waals surface area (Å²) in [6.07, 6.45) is 1.67. The van der Waals surface area contributed by atoms with E-state index in [0.717, 1.165) is 25.4 Å². The predicted octanol–water partition coefficient (Wildman–Crippen LogP) is 3.25. The van der Waals surface area contributed by atoms with Crippen LogP contribution in [0.5, 0.6) is 0 Å². The minimum absolute atomic E-state index is 0.106. The maximum absolute atomic E-state index is 14.0. The number of amides is 1. The van der Waals surface area contributed by atoms with E-state index in [4.69, 9.17) is 9.47 Å². The Morgan fingerprint density at radius 3 is 2.27 bits per heavy atom. The molecular weight excluding hydrogens is 496 g/mol. The third-order valence-corrected chi connectivity index (χ3v) is 8.93. The number of carbonyl (C=O) groups is 3. The minimum Gasteiger partial charge on any atom is -0.468 e. The van der Waals surface area contributed by atoms with Gasteiger partial charge in [0.15, 0.2) is 5.92 Å². The smallest absolute Gasteiger partial charge is 0.321 e. The number of nitrogens with one attached hydrogen (secondary N) is 1. The van der Waals surface area contributed by atoms with Crippen LogP contribution in [0.3, 0.4) is 0 Å². The van der Waals surface area contributed by atoms with Gasteiger partial charge in [-0.1, -0.05) is 41.5 Å². The first kappa shape index (κ1) is 26.6. The lowest BCUT2D eigenvalue weighted by Crippen LogP contribution is -2.51. The van der Waals surface area contributed by atoms with Crippen LogP contribution < -0.4 is 5.32 Å². The summed E-state index contributed by atoms with van der Waals surface area (Å²) in [5, 5.41) is 2.81. The summed E-state index contributed by atoms with van der Waals surface area (Å²) in [4.78, 5) is 39.8. The molecule has 0 unspecified atom stereocenters. The second-order valence-electron chi connectivity index (χ2n) is 9.54. The van der Waals surface area contributed by atoms with E-state index in [0.29, 0.717) is 16.8 Å². The van der Waals surface area contributed by atoms with Crippen molar-refractivity contribution in [2.45, 2.75) is 43.5 Å². The summed E-state index contributed by atoms with van der Waals surface area (Å²) in [6, 6.07) is 10.9. The molecule has 1 N–H and O–H groups in total. The van der Waals surface area contributed by atoms with Crippen LogP contribution in [0.4, 0.5) is 5.69 Å². The molecule has 0 saturated heterocycles. The zero-order valence-electron chi connectivity index (χ0n) is 21.4. The Labute approximate surface area is 216 Å². The Morgan fingerprint density at radius 2 is 1.70 bits per heavy atom. The van der Waals surface area contributed by atoms with E-state index < -0.39 is 45.2 Å². The summed E-state index contributed by atoms with van der Waals surface area (Å²) in [7, 11) is -1.79. The fraction of sp³-hybridized carbons (Fsp3) is 0.370. The molecule has 2 atom stereocenters. The molecule has 0 aromatic heterocycles. The van der Waals surface area contributed by atoms with Crippen molar-refractivity contribution in [1.82, 2.24) is 4.31 Å². The molecule has 0 saturated carbocycles. The topological polar surface area (TPSA) is 119 Å². The van der Waals surface area contributed by atoms with Gasteiger partial charge in [-0.25, -0.2) is 8.42 Å². The molecule has 37 heavy (non-hydrogen) atoms. The van der Waals surface area contributed by atoms with Gasteiger partial charge < -0.3 is 14.8 Å². The monoisotopic (exact) mass is 526 g/mol. The first-order valence-corrected chi connectivity index (χ1v) is 13.3. The zero-order chi connectivity index (χ0) is 27.1. The number of nitrogens with zero attached hydrogens (tertiary/aromatic N) is 1. The van der Waals surface area contributed by atoms with Crippen LogP contribution in [0, 0.1) is 12.8 Å². The molecule has 10 heteroatoms. The third-order valence-electron chi connectivity index (χ3n) is 7.04. The lowest BCUT2D eigenvalue weighted by molar-refractivity contribution is -0.164. The van der Waals surface area contributed by atoms with Crippen LogP contribution in [0.1, 0.15) is 43.0 Å². The lowest BCUT2D eigenvalue weighted by atomic mass is 9.67. The highest BCUT2D eigenvalue weighted by Crippen LogP contribution is 2.53. The number of esters is 2. The van der Waals surface area contributed by atoms with E-state index in [-0.39, 0.29) is 17.9 Å². The molecule has 0 radical (unpaired) electrons. The molecule has 2 aliphatic rings. The number of ether oxygens (including phenoxy) is 2. The van der Waals surface area contributed by atoms with Crippen LogP contribution in [0.2, 0.25) is 0 Å². The summed E-state index contributed by atoms with van der Waals surface area (Å²) in [5.41, 5.74) is 1.37. The van der Waals surface area contributed by atoms with E-state index in [9.17, 15) is 22.8 Å². The Hall–Kier alpha value is -3.50. The van der Waals surface area contributed by atoms with Crippen molar-refractivity contribution < 1.29 is 32.3 Å². The van der Waals surface area contributed by atoms with Gasteiger partial charge in [-0.05, 0) is 56.5 Å². The van der Waals surface area contributed by atoms with Crippen LogP contribution in [-0.4, -0.2) is 51.3 Å².